The first-order valence-electron chi connectivity index (χ1n) is 9.08. The molecule has 2 heterocycles. The Kier molecular flexibility index (Phi) is 5.39. The molecule has 1 amide bonds. The fraction of sp³-hybridized carbons (Fsp3) is 0.300. The molecular weight excluding hydrogens is 360 g/mol. The summed E-state index contributed by atoms with van der Waals surface area (Å²) >= 11 is 1.47. The van der Waals surface area contributed by atoms with Crippen molar-refractivity contribution in [3.63, 3.8) is 0 Å². The number of pyridine rings is 1. The first-order chi connectivity index (χ1) is 13.3. The lowest BCUT2D eigenvalue weighted by Crippen LogP contribution is -2.37. The highest BCUT2D eigenvalue weighted by atomic mass is 32.1. The van der Waals surface area contributed by atoms with E-state index in [1.807, 2.05) is 24.3 Å². The minimum Gasteiger partial charge on any atom is -0.410 e. The monoisotopic (exact) mass is 380 g/mol. The molecule has 0 spiro atoms. The maximum atomic E-state index is 12.2. The second-order valence-corrected chi connectivity index (χ2v) is 7.44. The van der Waals surface area contributed by atoms with Crippen LogP contribution in [0.5, 0.6) is 5.75 Å². The van der Waals surface area contributed by atoms with Crippen LogP contribution in [-0.2, 0) is 0 Å². The highest BCUT2D eigenvalue weighted by molar-refractivity contribution is 7.12. The van der Waals surface area contributed by atoms with Gasteiger partial charge in [0, 0.05) is 29.6 Å². The number of aromatic nitrogens is 3. The van der Waals surface area contributed by atoms with Crippen molar-refractivity contribution in [3.05, 3.63) is 48.2 Å². The molecular formula is C20H20N4O2S. The van der Waals surface area contributed by atoms with Gasteiger partial charge in [-0.25, -0.2) is 4.79 Å². The normalized spacial score (nSPS) is 14.7. The minimum atomic E-state index is -0.389. The van der Waals surface area contributed by atoms with Gasteiger partial charge < -0.3 is 10.1 Å². The smallest absolute Gasteiger partial charge is 0.410 e. The molecule has 7 heteroatoms. The van der Waals surface area contributed by atoms with Crippen molar-refractivity contribution < 1.29 is 9.53 Å². The number of carbonyl (C=O) groups excluding carboxylic acids is 1. The highest BCUT2D eigenvalue weighted by Crippen LogP contribution is 2.28. The topological polar surface area (TPSA) is 77.0 Å². The Morgan fingerprint density at radius 3 is 2.74 bits per heavy atom. The SMILES string of the molecule is O=C(NC1CCCCC1)Oc1cccc(-c2cncc(-c3nncs3)c2)c1. The molecule has 1 N–H and O–H groups in total. The third-order valence-electron chi connectivity index (χ3n) is 4.65. The van der Waals surface area contributed by atoms with E-state index >= 15 is 0 Å². The van der Waals surface area contributed by atoms with Gasteiger partial charge in [0.05, 0.1) is 0 Å². The maximum absolute atomic E-state index is 12.2. The first kappa shape index (κ1) is 17.6. The van der Waals surface area contributed by atoms with E-state index in [1.165, 1.54) is 30.6 Å². The van der Waals surface area contributed by atoms with E-state index < -0.39 is 0 Å². The molecule has 138 valence electrons. The van der Waals surface area contributed by atoms with Gasteiger partial charge in [0.25, 0.3) is 0 Å². The van der Waals surface area contributed by atoms with Crippen molar-refractivity contribution in [1.82, 2.24) is 20.5 Å². The largest absolute Gasteiger partial charge is 0.412 e. The van der Waals surface area contributed by atoms with Crippen LogP contribution in [0.4, 0.5) is 4.79 Å². The minimum absolute atomic E-state index is 0.224. The number of benzene rings is 1. The van der Waals surface area contributed by atoms with Crippen LogP contribution >= 0.6 is 11.3 Å². The van der Waals surface area contributed by atoms with E-state index in [2.05, 4.69) is 20.5 Å². The van der Waals surface area contributed by atoms with E-state index in [9.17, 15) is 4.79 Å². The Bertz CT molecular complexity index is 908. The van der Waals surface area contributed by atoms with Crippen molar-refractivity contribution >= 4 is 17.4 Å². The lowest BCUT2D eigenvalue weighted by Gasteiger charge is -2.22. The van der Waals surface area contributed by atoms with Gasteiger partial charge in [-0.05, 0) is 36.6 Å². The van der Waals surface area contributed by atoms with Crippen molar-refractivity contribution in [2.45, 2.75) is 38.1 Å². The summed E-state index contributed by atoms with van der Waals surface area (Å²) in [7, 11) is 0. The lowest BCUT2D eigenvalue weighted by atomic mass is 9.96. The molecule has 3 aromatic rings. The Balaban J connectivity index is 1.47. The van der Waals surface area contributed by atoms with Crippen molar-refractivity contribution in [3.8, 4) is 27.4 Å². The van der Waals surface area contributed by atoms with Gasteiger partial charge in [0.15, 0.2) is 0 Å². The zero-order valence-electron chi connectivity index (χ0n) is 14.8. The molecule has 0 bridgehead atoms. The molecule has 2 aromatic heterocycles. The fourth-order valence-electron chi connectivity index (χ4n) is 3.30. The van der Waals surface area contributed by atoms with Crippen LogP contribution in [0.1, 0.15) is 32.1 Å². The number of hydrogen-bond acceptors (Lipinski definition) is 6. The zero-order chi connectivity index (χ0) is 18.5. The third kappa shape index (κ3) is 4.49. The Morgan fingerprint density at radius 2 is 1.93 bits per heavy atom. The number of ether oxygens (including phenoxy) is 1. The van der Waals surface area contributed by atoms with E-state index in [0.29, 0.717) is 5.75 Å². The number of nitrogens with one attached hydrogen (secondary N) is 1. The number of amides is 1. The number of hydrogen-bond donors (Lipinski definition) is 1. The summed E-state index contributed by atoms with van der Waals surface area (Å²) in [6, 6.07) is 9.70. The van der Waals surface area contributed by atoms with Crippen molar-refractivity contribution in [2.24, 2.45) is 0 Å². The molecule has 6 nitrogen and oxygen atoms in total. The van der Waals surface area contributed by atoms with Crippen LogP contribution in [0.2, 0.25) is 0 Å². The second-order valence-electron chi connectivity index (χ2n) is 6.60. The predicted octanol–water partition coefficient (Wildman–Crippen LogP) is 4.69. The van der Waals surface area contributed by atoms with Gasteiger partial charge >= 0.3 is 6.09 Å². The summed E-state index contributed by atoms with van der Waals surface area (Å²) in [5.74, 6) is 0.516. The van der Waals surface area contributed by atoms with Gasteiger partial charge in [-0.15, -0.1) is 10.2 Å². The van der Waals surface area contributed by atoms with E-state index in [4.69, 9.17) is 4.74 Å². The molecule has 0 radical (unpaired) electrons. The Hall–Kier alpha value is -2.80. The number of carbonyl (C=O) groups is 1. The van der Waals surface area contributed by atoms with Gasteiger partial charge in [-0.2, -0.15) is 0 Å². The van der Waals surface area contributed by atoms with E-state index in [1.54, 1.807) is 24.0 Å². The third-order valence-corrected chi connectivity index (χ3v) is 5.39. The average molecular weight is 380 g/mol. The standard InChI is InChI=1S/C20H20N4O2S/c25-20(23-17-6-2-1-3-7-17)26-18-8-4-5-14(10-18)15-9-16(12-21-11-15)19-24-22-13-27-19/h4-5,8-13,17H,1-3,6-7H2,(H,23,25). The Morgan fingerprint density at radius 1 is 1.07 bits per heavy atom. The van der Waals surface area contributed by atoms with Crippen LogP contribution in [0, 0.1) is 0 Å². The van der Waals surface area contributed by atoms with Crippen LogP contribution in [0.3, 0.4) is 0 Å². The molecule has 0 unspecified atom stereocenters. The fourth-order valence-corrected chi connectivity index (χ4v) is 3.84. The molecule has 1 aliphatic carbocycles. The Labute approximate surface area is 161 Å². The summed E-state index contributed by atoms with van der Waals surface area (Å²) in [4.78, 5) is 16.5. The molecule has 1 fully saturated rings. The van der Waals surface area contributed by atoms with Crippen LogP contribution < -0.4 is 10.1 Å². The lowest BCUT2D eigenvalue weighted by molar-refractivity contribution is 0.192. The van der Waals surface area contributed by atoms with E-state index in [-0.39, 0.29) is 12.1 Å². The van der Waals surface area contributed by atoms with Crippen LogP contribution in [0.25, 0.3) is 21.7 Å². The number of nitrogens with zero attached hydrogens (tertiary/aromatic N) is 3. The molecule has 1 aliphatic rings. The molecule has 27 heavy (non-hydrogen) atoms. The molecule has 0 atom stereocenters. The maximum Gasteiger partial charge on any atom is 0.412 e. The summed E-state index contributed by atoms with van der Waals surface area (Å²) in [5.41, 5.74) is 4.47. The summed E-state index contributed by atoms with van der Waals surface area (Å²) in [6.45, 7) is 0. The van der Waals surface area contributed by atoms with Crippen molar-refractivity contribution in [2.75, 3.05) is 0 Å². The molecule has 0 saturated heterocycles. The predicted molar refractivity (Wildman–Crippen MR) is 105 cm³/mol. The highest BCUT2D eigenvalue weighted by Gasteiger charge is 2.17. The van der Waals surface area contributed by atoms with Gasteiger partial charge in [0.1, 0.15) is 16.3 Å². The summed E-state index contributed by atoms with van der Waals surface area (Å²) < 4.78 is 5.49. The van der Waals surface area contributed by atoms with Gasteiger partial charge in [0.2, 0.25) is 0 Å². The summed E-state index contributed by atoms with van der Waals surface area (Å²) in [5, 5.41) is 11.7. The van der Waals surface area contributed by atoms with Crippen molar-refractivity contribution in [1.29, 1.82) is 0 Å². The van der Waals surface area contributed by atoms with Gasteiger partial charge in [-0.1, -0.05) is 42.7 Å². The molecule has 1 saturated carbocycles. The average Bonchev–Trinajstić information content (AvgIpc) is 3.24. The van der Waals surface area contributed by atoms with E-state index in [0.717, 1.165) is 34.5 Å². The van der Waals surface area contributed by atoms with Crippen LogP contribution in [-0.4, -0.2) is 27.3 Å². The molecule has 0 aliphatic heterocycles. The molecule has 4 rings (SSSR count). The quantitative estimate of drug-likeness (QED) is 0.711. The van der Waals surface area contributed by atoms with Crippen LogP contribution in [0.15, 0.2) is 48.2 Å². The summed E-state index contributed by atoms with van der Waals surface area (Å²) in [6.07, 6.45) is 8.79. The second kappa shape index (κ2) is 8.26. The van der Waals surface area contributed by atoms with Gasteiger partial charge in [-0.3, -0.25) is 4.98 Å². The first-order valence-corrected chi connectivity index (χ1v) is 9.96. The number of rotatable bonds is 4. The molecule has 1 aromatic carbocycles. The zero-order valence-corrected chi connectivity index (χ0v) is 15.6.